The highest BCUT2D eigenvalue weighted by molar-refractivity contribution is 7.88. The third-order valence-electron chi connectivity index (χ3n) is 3.95. The van der Waals surface area contributed by atoms with E-state index >= 15 is 0 Å². The van der Waals surface area contributed by atoms with E-state index in [1.54, 1.807) is 6.07 Å². The molecule has 134 valence electrons. The van der Waals surface area contributed by atoms with Crippen LogP contribution in [0.25, 0.3) is 11.3 Å². The van der Waals surface area contributed by atoms with Crippen molar-refractivity contribution in [2.75, 3.05) is 32.5 Å². The summed E-state index contributed by atoms with van der Waals surface area (Å²) >= 11 is 0. The molecule has 3 rings (SSSR count). The smallest absolute Gasteiger partial charge is 0.269 e. The maximum Gasteiger partial charge on any atom is 0.269 e. The van der Waals surface area contributed by atoms with Gasteiger partial charge >= 0.3 is 0 Å². The number of benzene rings is 1. The number of hydrogen-bond acceptors (Lipinski definition) is 5. The lowest BCUT2D eigenvalue weighted by molar-refractivity contribution is 0.000412. The Morgan fingerprint density at radius 3 is 2.88 bits per heavy atom. The first kappa shape index (κ1) is 17.6. The van der Waals surface area contributed by atoms with Crippen molar-refractivity contribution in [3.63, 3.8) is 0 Å². The van der Waals surface area contributed by atoms with Crippen molar-refractivity contribution >= 4 is 15.9 Å². The Bertz CT molecular complexity index is 835. The average Bonchev–Trinajstić information content (AvgIpc) is 3.10. The molecule has 0 bridgehead atoms. The minimum atomic E-state index is -3.25. The van der Waals surface area contributed by atoms with Crippen molar-refractivity contribution in [2.45, 2.75) is 6.10 Å². The van der Waals surface area contributed by atoms with Crippen LogP contribution in [0.15, 0.2) is 36.4 Å². The molecule has 2 heterocycles. The first-order valence-corrected chi connectivity index (χ1v) is 9.74. The molecule has 0 saturated carbocycles. The zero-order chi connectivity index (χ0) is 17.9. The Kier molecular flexibility index (Phi) is 5.16. The van der Waals surface area contributed by atoms with Crippen molar-refractivity contribution < 1.29 is 17.9 Å². The van der Waals surface area contributed by atoms with Crippen molar-refractivity contribution in [2.24, 2.45) is 0 Å². The molecule has 0 aliphatic carbocycles. The number of sulfonamides is 1. The molecule has 8 nitrogen and oxygen atoms in total. The summed E-state index contributed by atoms with van der Waals surface area (Å²) in [7, 11) is -3.25. The highest BCUT2D eigenvalue weighted by Crippen LogP contribution is 2.16. The molecule has 1 aromatic carbocycles. The number of hydrogen-bond donors (Lipinski definition) is 2. The van der Waals surface area contributed by atoms with E-state index in [4.69, 9.17) is 4.74 Å². The fourth-order valence-electron chi connectivity index (χ4n) is 2.61. The monoisotopic (exact) mass is 364 g/mol. The third kappa shape index (κ3) is 4.44. The number of H-pyrrole nitrogens is 1. The molecular formula is C16H20N4O4S. The number of carbonyl (C=O) groups is 1. The first-order chi connectivity index (χ1) is 11.9. The summed E-state index contributed by atoms with van der Waals surface area (Å²) in [5.74, 6) is -0.310. The van der Waals surface area contributed by atoms with Crippen LogP contribution in [0.2, 0.25) is 0 Å². The summed E-state index contributed by atoms with van der Waals surface area (Å²) in [4.78, 5) is 12.2. The van der Waals surface area contributed by atoms with Gasteiger partial charge < -0.3 is 10.1 Å². The Hall–Kier alpha value is -2.23. The summed E-state index contributed by atoms with van der Waals surface area (Å²) in [6.07, 6.45) is 0.799. The summed E-state index contributed by atoms with van der Waals surface area (Å²) in [6, 6.07) is 11.2. The van der Waals surface area contributed by atoms with E-state index in [9.17, 15) is 13.2 Å². The van der Waals surface area contributed by atoms with Gasteiger partial charge in [0.15, 0.2) is 0 Å². The van der Waals surface area contributed by atoms with E-state index in [0.29, 0.717) is 24.5 Å². The van der Waals surface area contributed by atoms with Gasteiger partial charge in [-0.05, 0) is 6.07 Å². The summed E-state index contributed by atoms with van der Waals surface area (Å²) in [5.41, 5.74) is 1.94. The largest absolute Gasteiger partial charge is 0.374 e. The molecule has 1 fully saturated rings. The van der Waals surface area contributed by atoms with Gasteiger partial charge in [-0.1, -0.05) is 30.3 Å². The minimum Gasteiger partial charge on any atom is -0.374 e. The lowest BCUT2D eigenvalue weighted by atomic mass is 10.1. The third-order valence-corrected chi connectivity index (χ3v) is 5.22. The Morgan fingerprint density at radius 1 is 1.40 bits per heavy atom. The van der Waals surface area contributed by atoms with Crippen LogP contribution in [-0.4, -0.2) is 67.4 Å². The van der Waals surface area contributed by atoms with Crippen molar-refractivity contribution in [3.8, 4) is 11.3 Å². The number of aromatic amines is 1. The number of nitrogens with zero attached hydrogens (tertiary/aromatic N) is 2. The lowest BCUT2D eigenvalue weighted by Crippen LogP contribution is -2.49. The normalized spacial score (nSPS) is 18.8. The second kappa shape index (κ2) is 7.34. The van der Waals surface area contributed by atoms with Gasteiger partial charge in [0.1, 0.15) is 5.69 Å². The Morgan fingerprint density at radius 2 is 2.16 bits per heavy atom. The number of morpholine rings is 1. The molecule has 25 heavy (non-hydrogen) atoms. The van der Waals surface area contributed by atoms with Crippen LogP contribution in [0.1, 0.15) is 10.5 Å². The van der Waals surface area contributed by atoms with Crippen LogP contribution in [0, 0.1) is 0 Å². The zero-order valence-corrected chi connectivity index (χ0v) is 14.6. The maximum absolute atomic E-state index is 12.2. The number of aromatic nitrogens is 2. The molecule has 2 N–H and O–H groups in total. The quantitative estimate of drug-likeness (QED) is 0.802. The van der Waals surface area contributed by atoms with E-state index in [0.717, 1.165) is 5.56 Å². The molecule has 1 aromatic heterocycles. The predicted molar refractivity (Wildman–Crippen MR) is 92.5 cm³/mol. The van der Waals surface area contributed by atoms with Gasteiger partial charge in [-0.25, -0.2) is 8.42 Å². The number of nitrogens with one attached hydrogen (secondary N) is 2. The zero-order valence-electron chi connectivity index (χ0n) is 13.8. The number of rotatable bonds is 5. The second-order valence-electron chi connectivity index (χ2n) is 5.86. The van der Waals surface area contributed by atoms with Crippen molar-refractivity contribution in [3.05, 3.63) is 42.1 Å². The van der Waals surface area contributed by atoms with Gasteiger partial charge in [0.05, 0.1) is 24.7 Å². The highest BCUT2D eigenvalue weighted by Gasteiger charge is 2.26. The second-order valence-corrected chi connectivity index (χ2v) is 7.84. The van der Waals surface area contributed by atoms with E-state index in [1.807, 2.05) is 30.3 Å². The molecule has 1 saturated heterocycles. The van der Waals surface area contributed by atoms with Gasteiger partial charge in [-0.2, -0.15) is 9.40 Å². The highest BCUT2D eigenvalue weighted by atomic mass is 32.2. The van der Waals surface area contributed by atoms with E-state index in [-0.39, 0.29) is 25.1 Å². The number of ether oxygens (including phenoxy) is 1. The Labute approximate surface area is 146 Å². The number of carbonyl (C=O) groups excluding carboxylic acids is 1. The molecule has 0 radical (unpaired) electrons. The molecule has 1 aliphatic heterocycles. The summed E-state index contributed by atoms with van der Waals surface area (Å²) in [5, 5.41) is 9.61. The van der Waals surface area contributed by atoms with Crippen molar-refractivity contribution in [1.82, 2.24) is 19.8 Å². The van der Waals surface area contributed by atoms with Gasteiger partial charge in [-0.15, -0.1) is 0 Å². The van der Waals surface area contributed by atoms with E-state index < -0.39 is 10.0 Å². The van der Waals surface area contributed by atoms with Gasteiger partial charge in [-0.3, -0.25) is 9.89 Å². The molecular weight excluding hydrogens is 344 g/mol. The minimum absolute atomic E-state index is 0.227. The van der Waals surface area contributed by atoms with Crippen LogP contribution in [0.5, 0.6) is 0 Å². The lowest BCUT2D eigenvalue weighted by Gasteiger charge is -2.31. The maximum atomic E-state index is 12.2. The molecule has 1 aliphatic rings. The summed E-state index contributed by atoms with van der Waals surface area (Å²) < 4.78 is 30.1. The Balaban J connectivity index is 1.57. The SMILES string of the molecule is CS(=O)(=O)N1CCOC(CNC(=O)c2cc(-c3ccccc3)n[nH]2)C1. The van der Waals surface area contributed by atoms with Crippen LogP contribution in [0.4, 0.5) is 0 Å². The first-order valence-electron chi connectivity index (χ1n) is 7.89. The number of amides is 1. The molecule has 1 atom stereocenters. The van der Waals surface area contributed by atoms with Crippen LogP contribution in [0.3, 0.4) is 0 Å². The van der Waals surface area contributed by atoms with Crippen molar-refractivity contribution in [1.29, 1.82) is 0 Å². The fourth-order valence-corrected chi connectivity index (χ4v) is 3.46. The predicted octanol–water partition coefficient (Wildman–Crippen LogP) is 0.467. The van der Waals surface area contributed by atoms with Crippen LogP contribution >= 0.6 is 0 Å². The molecule has 2 aromatic rings. The standard InChI is InChI=1S/C16H20N4O4S/c1-25(22,23)20-7-8-24-13(11-20)10-17-16(21)15-9-14(18-19-15)12-5-3-2-4-6-12/h2-6,9,13H,7-8,10-11H2,1H3,(H,17,21)(H,18,19). The van der Waals surface area contributed by atoms with Gasteiger partial charge in [0, 0.05) is 25.2 Å². The van der Waals surface area contributed by atoms with E-state index in [2.05, 4.69) is 15.5 Å². The average molecular weight is 364 g/mol. The fraction of sp³-hybridized carbons (Fsp3) is 0.375. The topological polar surface area (TPSA) is 104 Å². The molecule has 1 unspecified atom stereocenters. The summed E-state index contributed by atoms with van der Waals surface area (Å²) in [6.45, 7) is 1.11. The van der Waals surface area contributed by atoms with Gasteiger partial charge in [0.2, 0.25) is 10.0 Å². The van der Waals surface area contributed by atoms with Gasteiger partial charge in [0.25, 0.3) is 5.91 Å². The van der Waals surface area contributed by atoms with Crippen LogP contribution < -0.4 is 5.32 Å². The molecule has 0 spiro atoms. The molecule has 9 heteroatoms. The van der Waals surface area contributed by atoms with Crippen LogP contribution in [-0.2, 0) is 14.8 Å². The molecule has 1 amide bonds. The van der Waals surface area contributed by atoms with E-state index in [1.165, 1.54) is 10.6 Å².